The van der Waals surface area contributed by atoms with E-state index in [1.807, 2.05) is 27.7 Å². The maximum atomic E-state index is 10.4. The molecule has 0 heterocycles. The third-order valence-corrected chi connectivity index (χ3v) is 2.81. The van der Waals surface area contributed by atoms with Gasteiger partial charge >= 0.3 is 51.4 Å². The fourth-order valence-electron chi connectivity index (χ4n) is 0.814. The number of hydrogen-bond acceptors (Lipinski definition) is 3. The Balaban J connectivity index is 0. The normalized spacial score (nSPS) is 12.1. The number of carbonyl (C=O) groups is 1. The first-order valence-electron chi connectivity index (χ1n) is 4.04. The topological polar surface area (TPSA) is 60.4 Å². The van der Waals surface area contributed by atoms with Gasteiger partial charge in [-0.1, -0.05) is 27.7 Å². The molecule has 0 aromatic rings. The first-order chi connectivity index (χ1) is 5.23. The maximum absolute atomic E-state index is 10.4. The van der Waals surface area contributed by atoms with Crippen molar-refractivity contribution in [2.45, 2.75) is 34.1 Å². The summed E-state index contributed by atoms with van der Waals surface area (Å²) in [5, 5.41) is 19.4. The molecule has 0 spiro atoms. The molecule has 13 heavy (non-hydrogen) atoms. The van der Waals surface area contributed by atoms with Gasteiger partial charge in [-0.05, 0) is 17.3 Å². The van der Waals surface area contributed by atoms with E-state index in [0.29, 0.717) is 0 Å². The second kappa shape index (κ2) is 5.83. The molecule has 0 aliphatic heterocycles. The third kappa shape index (κ3) is 4.90. The molecule has 1 N–H and O–H groups in total. The van der Waals surface area contributed by atoms with E-state index in [-0.39, 0.29) is 64.4 Å². The van der Waals surface area contributed by atoms with Crippen LogP contribution < -0.4 is 56.5 Å². The van der Waals surface area contributed by atoms with Gasteiger partial charge in [-0.3, -0.25) is 0 Å². The van der Waals surface area contributed by atoms with Crippen molar-refractivity contribution in [1.82, 2.24) is 0 Å². The van der Waals surface area contributed by atoms with Crippen LogP contribution in [0.3, 0.4) is 0 Å². The standard InChI is InChI=1S/C9H18O3.K/c1-8(2,5-7(11)12)9(3,4)6-10;/h10H,5-6H2,1-4H3,(H,11,12);/q;+1/p-1. The van der Waals surface area contributed by atoms with Gasteiger partial charge in [-0.2, -0.15) is 0 Å². The molecule has 0 aromatic heterocycles. The molecule has 0 aliphatic carbocycles. The summed E-state index contributed by atoms with van der Waals surface area (Å²) in [6, 6.07) is 0. The third-order valence-electron chi connectivity index (χ3n) is 2.81. The number of carboxylic acids is 1. The fourth-order valence-corrected chi connectivity index (χ4v) is 0.814. The molecule has 0 radical (unpaired) electrons. The van der Waals surface area contributed by atoms with Crippen molar-refractivity contribution in [2.24, 2.45) is 10.8 Å². The van der Waals surface area contributed by atoms with Crippen molar-refractivity contribution >= 4 is 5.97 Å². The fraction of sp³-hybridized carbons (Fsp3) is 0.889. The number of carboxylic acid groups (broad SMARTS) is 1. The largest absolute Gasteiger partial charge is 1.00 e. The molecule has 0 saturated heterocycles. The van der Waals surface area contributed by atoms with Crippen molar-refractivity contribution in [3.8, 4) is 0 Å². The predicted octanol–water partition coefficient (Wildman–Crippen LogP) is -2.82. The van der Waals surface area contributed by atoms with Crippen LogP contribution in [0.5, 0.6) is 0 Å². The first-order valence-corrected chi connectivity index (χ1v) is 4.04. The molecule has 3 nitrogen and oxygen atoms in total. The van der Waals surface area contributed by atoms with Crippen LogP contribution >= 0.6 is 0 Å². The smallest absolute Gasteiger partial charge is 0.550 e. The summed E-state index contributed by atoms with van der Waals surface area (Å²) < 4.78 is 0. The van der Waals surface area contributed by atoms with Crippen molar-refractivity contribution in [1.29, 1.82) is 0 Å². The molecule has 0 aromatic carbocycles. The van der Waals surface area contributed by atoms with Crippen molar-refractivity contribution in [3.63, 3.8) is 0 Å². The van der Waals surface area contributed by atoms with Crippen LogP contribution in [0.4, 0.5) is 0 Å². The van der Waals surface area contributed by atoms with E-state index in [9.17, 15) is 9.90 Å². The molecule has 72 valence electrons. The Morgan fingerprint density at radius 2 is 1.62 bits per heavy atom. The summed E-state index contributed by atoms with van der Waals surface area (Å²) in [6.07, 6.45) is -0.0272. The number of aliphatic hydroxyl groups excluding tert-OH is 1. The summed E-state index contributed by atoms with van der Waals surface area (Å²) in [7, 11) is 0. The van der Waals surface area contributed by atoms with Crippen molar-refractivity contribution in [2.75, 3.05) is 6.61 Å². The van der Waals surface area contributed by atoms with Crippen LogP contribution in [0.15, 0.2) is 0 Å². The van der Waals surface area contributed by atoms with Gasteiger partial charge in [0.1, 0.15) is 0 Å². The van der Waals surface area contributed by atoms with Crippen molar-refractivity contribution < 1.29 is 66.4 Å². The van der Waals surface area contributed by atoms with Gasteiger partial charge in [-0.15, -0.1) is 0 Å². The monoisotopic (exact) mass is 212 g/mol. The van der Waals surface area contributed by atoms with Crippen LogP contribution in [0.1, 0.15) is 34.1 Å². The Bertz CT molecular complexity index is 176. The minimum Gasteiger partial charge on any atom is -0.550 e. The van der Waals surface area contributed by atoms with Gasteiger partial charge in [0.25, 0.3) is 0 Å². The van der Waals surface area contributed by atoms with E-state index in [1.165, 1.54) is 0 Å². The Hall–Kier alpha value is 1.07. The van der Waals surface area contributed by atoms with E-state index in [1.54, 1.807) is 0 Å². The Labute approximate surface area is 122 Å². The number of carbonyl (C=O) groups excluding carboxylic acids is 1. The molecular weight excluding hydrogens is 195 g/mol. The molecular formula is C9H17KO3. The average molecular weight is 212 g/mol. The number of hydrogen-bond donors (Lipinski definition) is 1. The number of aliphatic hydroxyl groups is 1. The van der Waals surface area contributed by atoms with Crippen LogP contribution in [0.25, 0.3) is 0 Å². The van der Waals surface area contributed by atoms with Crippen LogP contribution in [0, 0.1) is 10.8 Å². The molecule has 0 saturated carbocycles. The Morgan fingerprint density at radius 3 is 1.85 bits per heavy atom. The quantitative estimate of drug-likeness (QED) is 0.511. The molecule has 0 fully saturated rings. The molecule has 0 unspecified atom stereocenters. The van der Waals surface area contributed by atoms with Crippen molar-refractivity contribution in [3.05, 3.63) is 0 Å². The maximum Gasteiger partial charge on any atom is 1.00 e. The van der Waals surface area contributed by atoms with Gasteiger partial charge in [0.05, 0.1) is 0 Å². The zero-order valence-corrected chi connectivity index (χ0v) is 12.3. The van der Waals surface area contributed by atoms with E-state index < -0.39 is 16.8 Å². The Morgan fingerprint density at radius 1 is 1.23 bits per heavy atom. The minimum atomic E-state index is -1.07. The van der Waals surface area contributed by atoms with E-state index in [4.69, 9.17) is 5.11 Å². The average Bonchev–Trinajstić information content (AvgIpc) is 1.84. The van der Waals surface area contributed by atoms with E-state index in [2.05, 4.69) is 0 Å². The van der Waals surface area contributed by atoms with Gasteiger partial charge < -0.3 is 15.0 Å². The summed E-state index contributed by atoms with van der Waals surface area (Å²) in [5.41, 5.74) is -0.840. The van der Waals surface area contributed by atoms with E-state index >= 15 is 0 Å². The number of rotatable bonds is 4. The van der Waals surface area contributed by atoms with Crippen LogP contribution in [0.2, 0.25) is 0 Å². The zero-order valence-electron chi connectivity index (χ0n) is 9.18. The van der Waals surface area contributed by atoms with E-state index in [0.717, 1.165) is 0 Å². The summed E-state index contributed by atoms with van der Waals surface area (Å²) in [4.78, 5) is 10.4. The van der Waals surface area contributed by atoms with Gasteiger partial charge in [0.15, 0.2) is 0 Å². The minimum absolute atomic E-state index is 0. The summed E-state index contributed by atoms with van der Waals surface area (Å²) >= 11 is 0. The Kier molecular flexibility index (Phi) is 7.40. The molecule has 0 atom stereocenters. The second-order valence-electron chi connectivity index (χ2n) is 4.47. The van der Waals surface area contributed by atoms with Gasteiger partial charge in [0.2, 0.25) is 0 Å². The second-order valence-corrected chi connectivity index (χ2v) is 4.47. The molecule has 4 heteroatoms. The SMILES string of the molecule is CC(C)(CO)C(C)(C)CC(=O)[O-].[K+]. The summed E-state index contributed by atoms with van der Waals surface area (Å²) in [5.74, 6) is -1.07. The first kappa shape index (κ1) is 16.5. The predicted molar refractivity (Wildman–Crippen MR) is 44.3 cm³/mol. The molecule has 0 amide bonds. The number of aliphatic carboxylic acids is 1. The molecule has 0 rings (SSSR count). The van der Waals surface area contributed by atoms with Crippen LogP contribution in [-0.4, -0.2) is 17.7 Å². The van der Waals surface area contributed by atoms with Gasteiger partial charge in [-0.25, -0.2) is 0 Å². The summed E-state index contributed by atoms with van der Waals surface area (Å²) in [6.45, 7) is 7.30. The molecule has 0 bridgehead atoms. The zero-order chi connectivity index (χ0) is 9.99. The van der Waals surface area contributed by atoms with Gasteiger partial charge in [0, 0.05) is 12.6 Å². The molecule has 0 aliphatic rings. The van der Waals surface area contributed by atoms with Crippen LogP contribution in [-0.2, 0) is 4.79 Å².